The Morgan fingerprint density at radius 1 is 1.27 bits per heavy atom. The topological polar surface area (TPSA) is 83.0 Å². The average molecular weight is 381 g/mol. The number of benzene rings is 1. The predicted molar refractivity (Wildman–Crippen MR) is 103 cm³/mol. The lowest BCUT2D eigenvalue weighted by Crippen LogP contribution is -2.45. The normalized spacial score (nSPS) is 22.4. The van der Waals surface area contributed by atoms with Gasteiger partial charge in [0, 0.05) is 38.7 Å². The Kier molecular flexibility index (Phi) is 6.03. The Bertz CT molecular complexity index is 743. The van der Waals surface area contributed by atoms with Crippen LogP contribution in [0.4, 0.5) is 0 Å². The molecule has 8 heteroatoms. The van der Waals surface area contributed by atoms with Crippen molar-refractivity contribution >= 4 is 16.0 Å². The molecule has 0 saturated carbocycles. The van der Waals surface area contributed by atoms with Crippen molar-refractivity contribution in [3.05, 3.63) is 29.8 Å². The van der Waals surface area contributed by atoms with E-state index in [-0.39, 0.29) is 6.04 Å². The van der Waals surface area contributed by atoms with E-state index in [1.165, 1.54) is 6.26 Å². The zero-order valence-electron chi connectivity index (χ0n) is 15.4. The van der Waals surface area contributed by atoms with Crippen LogP contribution in [0.25, 0.3) is 0 Å². The number of piperidine rings is 1. The molecular weight excluding hydrogens is 352 g/mol. The molecule has 0 aromatic heterocycles. The van der Waals surface area contributed by atoms with Crippen LogP contribution in [0.1, 0.15) is 30.9 Å². The Morgan fingerprint density at radius 3 is 2.69 bits per heavy atom. The molecule has 0 radical (unpaired) electrons. The quantitative estimate of drug-likeness (QED) is 0.609. The molecule has 144 valence electrons. The summed E-state index contributed by atoms with van der Waals surface area (Å²) in [5.74, 6) is 2.16. The van der Waals surface area contributed by atoms with Gasteiger partial charge in [-0.05, 0) is 24.8 Å². The van der Waals surface area contributed by atoms with Crippen LogP contribution in [0.2, 0.25) is 0 Å². The molecule has 3 rings (SSSR count). The highest BCUT2D eigenvalue weighted by Crippen LogP contribution is 2.31. The molecule has 0 spiro atoms. The second kappa shape index (κ2) is 8.26. The molecule has 2 aliphatic rings. The highest BCUT2D eigenvalue weighted by atomic mass is 32.2. The lowest BCUT2D eigenvalue weighted by molar-refractivity contribution is 0.260. The van der Waals surface area contributed by atoms with Gasteiger partial charge in [-0.2, -0.15) is 0 Å². The molecule has 1 aromatic rings. The van der Waals surface area contributed by atoms with Crippen molar-refractivity contribution in [1.82, 2.24) is 14.9 Å². The number of guanidine groups is 1. The first-order valence-corrected chi connectivity index (χ1v) is 11.0. The van der Waals surface area contributed by atoms with Crippen LogP contribution in [-0.2, 0) is 10.0 Å². The number of hydrogen-bond donors (Lipinski definition) is 2. The maximum Gasteiger partial charge on any atom is 0.211 e. The van der Waals surface area contributed by atoms with E-state index in [2.05, 4.69) is 21.7 Å². The van der Waals surface area contributed by atoms with Crippen molar-refractivity contribution in [3.63, 3.8) is 0 Å². The average Bonchev–Trinajstić information content (AvgIpc) is 2.65. The van der Waals surface area contributed by atoms with E-state index < -0.39 is 10.0 Å². The molecule has 2 heterocycles. The number of ether oxygens (including phenoxy) is 1. The SMILES string of the molecule is CN=C(NCC1CCN(S(C)(=O)=O)CC1)NC1CCOc2ccccc21. The zero-order chi connectivity index (χ0) is 18.6. The summed E-state index contributed by atoms with van der Waals surface area (Å²) in [5, 5.41) is 6.89. The second-order valence-corrected chi connectivity index (χ2v) is 8.91. The molecule has 2 N–H and O–H groups in total. The fourth-order valence-electron chi connectivity index (χ4n) is 3.54. The minimum absolute atomic E-state index is 0.179. The Hall–Kier alpha value is -1.80. The van der Waals surface area contributed by atoms with Crippen molar-refractivity contribution in [2.24, 2.45) is 10.9 Å². The van der Waals surface area contributed by atoms with E-state index in [1.54, 1.807) is 11.4 Å². The van der Waals surface area contributed by atoms with E-state index in [1.807, 2.05) is 18.2 Å². The Labute approximate surface area is 155 Å². The Balaban J connectivity index is 1.51. The van der Waals surface area contributed by atoms with Crippen molar-refractivity contribution in [1.29, 1.82) is 0 Å². The van der Waals surface area contributed by atoms with Crippen LogP contribution in [0.5, 0.6) is 5.75 Å². The number of nitrogens with one attached hydrogen (secondary N) is 2. The lowest BCUT2D eigenvalue weighted by atomic mass is 9.98. The minimum Gasteiger partial charge on any atom is -0.493 e. The number of aliphatic imine (C=N–C) groups is 1. The van der Waals surface area contributed by atoms with Crippen molar-refractivity contribution in [2.45, 2.75) is 25.3 Å². The van der Waals surface area contributed by atoms with Gasteiger partial charge in [-0.3, -0.25) is 4.99 Å². The van der Waals surface area contributed by atoms with Crippen molar-refractivity contribution in [3.8, 4) is 5.75 Å². The van der Waals surface area contributed by atoms with E-state index in [9.17, 15) is 8.42 Å². The summed E-state index contributed by atoms with van der Waals surface area (Å²) in [5.41, 5.74) is 1.16. The maximum absolute atomic E-state index is 11.6. The third kappa shape index (κ3) is 4.67. The molecule has 7 nitrogen and oxygen atoms in total. The number of sulfonamides is 1. The van der Waals surface area contributed by atoms with Gasteiger partial charge in [-0.1, -0.05) is 18.2 Å². The minimum atomic E-state index is -3.07. The van der Waals surface area contributed by atoms with Crippen LogP contribution < -0.4 is 15.4 Å². The van der Waals surface area contributed by atoms with E-state index in [0.717, 1.165) is 43.1 Å². The summed E-state index contributed by atoms with van der Waals surface area (Å²) < 4.78 is 30.5. The molecule has 0 amide bonds. The largest absolute Gasteiger partial charge is 0.493 e. The molecule has 1 fully saturated rings. The summed E-state index contributed by atoms with van der Waals surface area (Å²) >= 11 is 0. The van der Waals surface area contributed by atoms with Gasteiger partial charge in [0.25, 0.3) is 0 Å². The summed E-state index contributed by atoms with van der Waals surface area (Å²) in [6, 6.07) is 8.26. The van der Waals surface area contributed by atoms with Gasteiger partial charge in [0.15, 0.2) is 5.96 Å². The third-order valence-corrected chi connectivity index (χ3v) is 6.40. The van der Waals surface area contributed by atoms with Gasteiger partial charge in [0.1, 0.15) is 5.75 Å². The predicted octanol–water partition coefficient (Wildman–Crippen LogP) is 1.35. The first-order chi connectivity index (χ1) is 12.5. The van der Waals surface area contributed by atoms with E-state index in [4.69, 9.17) is 4.74 Å². The fraction of sp³-hybridized carbons (Fsp3) is 0.611. The first kappa shape index (κ1) is 19.0. The molecule has 1 saturated heterocycles. The van der Waals surface area contributed by atoms with Crippen molar-refractivity contribution in [2.75, 3.05) is 39.5 Å². The standard InChI is InChI=1S/C18H28N4O3S/c1-19-18(20-13-14-7-10-22(11-8-14)26(2,23)24)21-16-9-12-25-17-6-4-3-5-15(16)17/h3-6,14,16H,7-13H2,1-2H3,(H2,19,20,21). The number of nitrogens with zero attached hydrogens (tertiary/aromatic N) is 2. The van der Waals surface area contributed by atoms with Crippen LogP contribution in [0, 0.1) is 5.92 Å². The lowest BCUT2D eigenvalue weighted by Gasteiger charge is -2.31. The molecular formula is C18H28N4O3S. The summed E-state index contributed by atoms with van der Waals surface area (Å²) in [4.78, 5) is 4.34. The van der Waals surface area contributed by atoms with Gasteiger partial charge in [0.05, 0.1) is 18.9 Å². The number of para-hydroxylation sites is 1. The van der Waals surface area contributed by atoms with Crippen LogP contribution in [0.15, 0.2) is 29.3 Å². The fourth-order valence-corrected chi connectivity index (χ4v) is 4.41. The monoisotopic (exact) mass is 380 g/mol. The van der Waals surface area contributed by atoms with E-state index in [0.29, 0.717) is 25.6 Å². The molecule has 1 atom stereocenters. The van der Waals surface area contributed by atoms with E-state index >= 15 is 0 Å². The Morgan fingerprint density at radius 2 is 2.00 bits per heavy atom. The molecule has 0 bridgehead atoms. The summed E-state index contributed by atoms with van der Waals surface area (Å²) in [6.07, 6.45) is 3.92. The zero-order valence-corrected chi connectivity index (χ0v) is 16.3. The molecule has 0 aliphatic carbocycles. The number of hydrogen-bond acceptors (Lipinski definition) is 4. The van der Waals surface area contributed by atoms with Crippen molar-refractivity contribution < 1.29 is 13.2 Å². The van der Waals surface area contributed by atoms with Gasteiger partial charge < -0.3 is 15.4 Å². The van der Waals surface area contributed by atoms with Crippen LogP contribution in [-0.4, -0.2) is 58.2 Å². The van der Waals surface area contributed by atoms with Gasteiger partial charge >= 0.3 is 0 Å². The van der Waals surface area contributed by atoms with Gasteiger partial charge in [0.2, 0.25) is 10.0 Å². The smallest absolute Gasteiger partial charge is 0.211 e. The van der Waals surface area contributed by atoms with Crippen LogP contribution in [0.3, 0.4) is 0 Å². The highest BCUT2D eigenvalue weighted by molar-refractivity contribution is 7.88. The number of rotatable bonds is 4. The molecule has 2 aliphatic heterocycles. The third-order valence-electron chi connectivity index (χ3n) is 5.09. The van der Waals surface area contributed by atoms with Gasteiger partial charge in [-0.25, -0.2) is 12.7 Å². The molecule has 1 unspecified atom stereocenters. The van der Waals surface area contributed by atoms with Crippen LogP contribution >= 0.6 is 0 Å². The number of fused-ring (bicyclic) bond motifs is 1. The summed E-state index contributed by atoms with van der Waals surface area (Å²) in [7, 11) is -1.30. The second-order valence-electron chi connectivity index (χ2n) is 6.93. The molecule has 26 heavy (non-hydrogen) atoms. The maximum atomic E-state index is 11.6. The van der Waals surface area contributed by atoms with Gasteiger partial charge in [-0.15, -0.1) is 0 Å². The molecule has 1 aromatic carbocycles. The highest BCUT2D eigenvalue weighted by Gasteiger charge is 2.26. The first-order valence-electron chi connectivity index (χ1n) is 9.11. The summed E-state index contributed by atoms with van der Waals surface area (Å²) in [6.45, 7) is 2.69.